The van der Waals surface area contributed by atoms with Gasteiger partial charge >= 0.3 is 0 Å². The van der Waals surface area contributed by atoms with Crippen LogP contribution in [-0.4, -0.2) is 10.9 Å². The van der Waals surface area contributed by atoms with Crippen LogP contribution < -0.4 is 10.6 Å². The van der Waals surface area contributed by atoms with E-state index in [-0.39, 0.29) is 18.1 Å². The molecule has 2 aromatic carbocycles. The summed E-state index contributed by atoms with van der Waals surface area (Å²) >= 11 is 0. The molecule has 6 heteroatoms. The van der Waals surface area contributed by atoms with Gasteiger partial charge in [-0.2, -0.15) is 0 Å². The van der Waals surface area contributed by atoms with Crippen LogP contribution in [0, 0.1) is 11.6 Å². The second-order valence-corrected chi connectivity index (χ2v) is 5.35. The highest BCUT2D eigenvalue weighted by atomic mass is 19.1. The van der Waals surface area contributed by atoms with E-state index in [9.17, 15) is 13.6 Å². The molecule has 1 heterocycles. The molecule has 0 fully saturated rings. The number of hydrogen-bond acceptors (Lipinski definition) is 3. The molecular formula is C19H15F2N3O. The molecule has 0 saturated heterocycles. The van der Waals surface area contributed by atoms with E-state index in [0.717, 1.165) is 0 Å². The number of anilines is 3. The van der Waals surface area contributed by atoms with Crippen LogP contribution in [-0.2, 0) is 11.2 Å². The smallest absolute Gasteiger partial charge is 0.230 e. The molecule has 25 heavy (non-hydrogen) atoms. The van der Waals surface area contributed by atoms with Gasteiger partial charge in [0.05, 0.1) is 24.0 Å². The molecule has 126 valence electrons. The molecule has 0 atom stereocenters. The Morgan fingerprint density at radius 3 is 2.32 bits per heavy atom. The van der Waals surface area contributed by atoms with Crippen molar-refractivity contribution in [3.05, 3.63) is 84.1 Å². The monoisotopic (exact) mass is 339 g/mol. The number of hydrogen-bond donors (Lipinski definition) is 2. The van der Waals surface area contributed by atoms with Gasteiger partial charge in [0.15, 0.2) is 0 Å². The molecule has 0 saturated carbocycles. The van der Waals surface area contributed by atoms with E-state index in [2.05, 4.69) is 15.6 Å². The maximum absolute atomic E-state index is 13.6. The zero-order chi connectivity index (χ0) is 17.6. The average molecular weight is 339 g/mol. The molecule has 3 rings (SSSR count). The summed E-state index contributed by atoms with van der Waals surface area (Å²) < 4.78 is 27.1. The van der Waals surface area contributed by atoms with Crippen LogP contribution in [0.25, 0.3) is 0 Å². The molecule has 0 aliphatic rings. The van der Waals surface area contributed by atoms with Crippen molar-refractivity contribution in [2.24, 2.45) is 0 Å². The number of carbonyl (C=O) groups is 1. The Morgan fingerprint density at radius 1 is 0.920 bits per heavy atom. The van der Waals surface area contributed by atoms with Crippen molar-refractivity contribution in [3.63, 3.8) is 0 Å². The second kappa shape index (κ2) is 7.53. The zero-order valence-electron chi connectivity index (χ0n) is 13.2. The molecule has 1 aromatic heterocycles. The van der Waals surface area contributed by atoms with Crippen LogP contribution in [0.2, 0.25) is 0 Å². The first-order valence-electron chi connectivity index (χ1n) is 7.63. The maximum Gasteiger partial charge on any atom is 0.230 e. The molecule has 0 spiro atoms. The van der Waals surface area contributed by atoms with E-state index in [1.165, 1.54) is 18.3 Å². The molecule has 0 aliphatic heterocycles. The minimum Gasteiger partial charge on any atom is -0.352 e. The van der Waals surface area contributed by atoms with E-state index in [1.54, 1.807) is 48.5 Å². The number of pyridine rings is 1. The molecule has 0 unspecified atom stereocenters. The van der Waals surface area contributed by atoms with Crippen molar-refractivity contribution in [2.75, 3.05) is 10.6 Å². The van der Waals surface area contributed by atoms with Crippen molar-refractivity contribution in [3.8, 4) is 0 Å². The first-order chi connectivity index (χ1) is 12.1. The number of rotatable bonds is 5. The predicted octanol–water partition coefficient (Wildman–Crippen LogP) is 4.28. The summed E-state index contributed by atoms with van der Waals surface area (Å²) in [5, 5.41) is 5.50. The summed E-state index contributed by atoms with van der Waals surface area (Å²) in [4.78, 5) is 16.1. The van der Waals surface area contributed by atoms with Gasteiger partial charge in [-0.1, -0.05) is 30.3 Å². The van der Waals surface area contributed by atoms with E-state index in [0.29, 0.717) is 22.8 Å². The van der Waals surface area contributed by atoms with Crippen LogP contribution in [0.1, 0.15) is 5.56 Å². The molecule has 1 amide bonds. The fourth-order valence-electron chi connectivity index (χ4n) is 2.26. The summed E-state index contributed by atoms with van der Waals surface area (Å²) in [5.41, 5.74) is 1.23. The highest BCUT2D eigenvalue weighted by Gasteiger charge is 2.09. The van der Waals surface area contributed by atoms with Gasteiger partial charge in [0.25, 0.3) is 0 Å². The van der Waals surface area contributed by atoms with Crippen molar-refractivity contribution in [1.82, 2.24) is 4.98 Å². The third-order valence-electron chi connectivity index (χ3n) is 3.49. The molecule has 3 aromatic rings. The van der Waals surface area contributed by atoms with Crippen molar-refractivity contribution in [1.29, 1.82) is 0 Å². The summed E-state index contributed by atoms with van der Waals surface area (Å²) in [7, 11) is 0. The average Bonchev–Trinajstić information content (AvgIpc) is 2.61. The number of nitrogens with zero attached hydrogens (tertiary/aromatic N) is 1. The van der Waals surface area contributed by atoms with Gasteiger partial charge in [0.2, 0.25) is 5.91 Å². The second-order valence-electron chi connectivity index (χ2n) is 5.35. The molecule has 4 nitrogen and oxygen atoms in total. The molecule has 0 aliphatic carbocycles. The quantitative estimate of drug-likeness (QED) is 0.729. The number of nitrogens with one attached hydrogen (secondary N) is 2. The van der Waals surface area contributed by atoms with Gasteiger partial charge in [-0.15, -0.1) is 0 Å². The maximum atomic E-state index is 13.6. The lowest BCUT2D eigenvalue weighted by Crippen LogP contribution is -2.16. The van der Waals surface area contributed by atoms with Crippen LogP contribution >= 0.6 is 0 Å². The molecular weight excluding hydrogens is 324 g/mol. The Hall–Kier alpha value is -3.28. The van der Waals surface area contributed by atoms with Crippen molar-refractivity contribution < 1.29 is 13.6 Å². The summed E-state index contributed by atoms with van der Waals surface area (Å²) in [6.07, 6.45) is 1.40. The van der Waals surface area contributed by atoms with Crippen LogP contribution in [0.15, 0.2) is 66.9 Å². The van der Waals surface area contributed by atoms with Crippen LogP contribution in [0.3, 0.4) is 0 Å². The lowest BCUT2D eigenvalue weighted by Gasteiger charge is -2.09. The minimum absolute atomic E-state index is 0.0798. The first kappa shape index (κ1) is 16.6. The lowest BCUT2D eigenvalue weighted by atomic mass is 10.1. The van der Waals surface area contributed by atoms with E-state index in [4.69, 9.17) is 0 Å². The fraction of sp³-hybridized carbons (Fsp3) is 0.0526. The van der Waals surface area contributed by atoms with Crippen molar-refractivity contribution >= 4 is 23.1 Å². The summed E-state index contributed by atoms with van der Waals surface area (Å²) in [6.45, 7) is 0. The molecule has 0 bridgehead atoms. The molecule has 0 radical (unpaired) electrons. The number of aromatic nitrogens is 1. The number of carbonyl (C=O) groups excluding carboxylic acids is 1. The Bertz CT molecular complexity index is 882. The Balaban J connectivity index is 1.62. The first-order valence-corrected chi connectivity index (χ1v) is 7.63. The highest BCUT2D eigenvalue weighted by Crippen LogP contribution is 2.19. The van der Waals surface area contributed by atoms with Gasteiger partial charge in [-0.3, -0.25) is 4.79 Å². The topological polar surface area (TPSA) is 54.0 Å². The van der Waals surface area contributed by atoms with Gasteiger partial charge in [-0.05, 0) is 35.9 Å². The zero-order valence-corrected chi connectivity index (χ0v) is 13.2. The number of amides is 1. The third-order valence-corrected chi connectivity index (χ3v) is 3.49. The molecule has 2 N–H and O–H groups in total. The van der Waals surface area contributed by atoms with Gasteiger partial charge < -0.3 is 10.6 Å². The minimum atomic E-state index is -0.421. The summed E-state index contributed by atoms with van der Waals surface area (Å²) in [5.74, 6) is -0.826. The van der Waals surface area contributed by atoms with Crippen LogP contribution in [0.4, 0.5) is 26.0 Å². The fourth-order valence-corrected chi connectivity index (χ4v) is 2.26. The SMILES string of the molecule is O=C(Cc1ccccc1F)Nc1ccc(Nc2ccccc2F)cn1. The van der Waals surface area contributed by atoms with Gasteiger partial charge in [-0.25, -0.2) is 13.8 Å². The Labute approximate surface area is 143 Å². The van der Waals surface area contributed by atoms with E-state index < -0.39 is 5.82 Å². The van der Waals surface area contributed by atoms with Gasteiger partial charge in [0, 0.05) is 0 Å². The number of benzene rings is 2. The van der Waals surface area contributed by atoms with Gasteiger partial charge in [0.1, 0.15) is 17.5 Å². The Morgan fingerprint density at radius 2 is 1.64 bits per heavy atom. The van der Waals surface area contributed by atoms with E-state index >= 15 is 0 Å². The van der Waals surface area contributed by atoms with E-state index in [1.807, 2.05) is 0 Å². The normalized spacial score (nSPS) is 10.3. The predicted molar refractivity (Wildman–Crippen MR) is 92.7 cm³/mol. The third kappa shape index (κ3) is 4.38. The number of halogens is 2. The Kier molecular flexibility index (Phi) is 4.99. The number of para-hydroxylation sites is 1. The van der Waals surface area contributed by atoms with Crippen LogP contribution in [0.5, 0.6) is 0 Å². The lowest BCUT2D eigenvalue weighted by molar-refractivity contribution is -0.115. The van der Waals surface area contributed by atoms with Crippen molar-refractivity contribution in [2.45, 2.75) is 6.42 Å². The largest absolute Gasteiger partial charge is 0.352 e. The highest BCUT2D eigenvalue weighted by molar-refractivity contribution is 5.91. The standard InChI is InChI=1S/C19H15F2N3O/c20-15-6-2-1-5-13(15)11-19(25)24-18-10-9-14(12-22-18)23-17-8-4-3-7-16(17)21/h1-10,12,23H,11H2,(H,22,24,25). The summed E-state index contributed by atoms with van der Waals surface area (Å²) in [6, 6.07) is 15.6.